The van der Waals surface area contributed by atoms with Crippen LogP contribution in [0.4, 0.5) is 0 Å². The Hall–Kier alpha value is -1.76. The number of aryl methyl sites for hydroxylation is 2. The van der Waals surface area contributed by atoms with Crippen LogP contribution in [0.15, 0.2) is 40.8 Å². The van der Waals surface area contributed by atoms with Crippen molar-refractivity contribution in [2.45, 2.75) is 20.3 Å². The molecule has 0 aliphatic carbocycles. The predicted molar refractivity (Wildman–Crippen MR) is 67.0 cm³/mol. The maximum absolute atomic E-state index is 5.72. The molecule has 0 aliphatic heterocycles. The minimum absolute atomic E-state index is 1.01. The second-order valence-corrected chi connectivity index (χ2v) is 4.24. The Balaban J connectivity index is 2.23. The number of hydrogen-bond acceptors (Lipinski definition) is 1. The van der Waals surface area contributed by atoms with Gasteiger partial charge in [0, 0.05) is 11.1 Å². The summed E-state index contributed by atoms with van der Waals surface area (Å²) in [4.78, 5) is 0. The first-order chi connectivity index (χ1) is 7.79. The van der Waals surface area contributed by atoms with Gasteiger partial charge in [0.05, 0.1) is 0 Å². The van der Waals surface area contributed by atoms with Gasteiger partial charge in [0.1, 0.15) is 11.2 Å². The molecule has 2 aromatic heterocycles. The van der Waals surface area contributed by atoms with Crippen molar-refractivity contribution in [2.24, 2.45) is 0 Å². The van der Waals surface area contributed by atoms with E-state index < -0.39 is 0 Å². The smallest absolute Gasteiger partial charge is 0.135 e. The van der Waals surface area contributed by atoms with E-state index in [-0.39, 0.29) is 0 Å². The average molecular weight is 210 g/mol. The van der Waals surface area contributed by atoms with Crippen molar-refractivity contribution in [1.29, 1.82) is 0 Å². The fourth-order valence-corrected chi connectivity index (χ4v) is 2.29. The molecule has 0 atom stereocenters. The summed E-state index contributed by atoms with van der Waals surface area (Å²) in [5.41, 5.74) is 7.21. The van der Waals surface area contributed by atoms with Gasteiger partial charge in [-0.2, -0.15) is 0 Å². The molecule has 0 spiro atoms. The van der Waals surface area contributed by atoms with Crippen LogP contribution >= 0.6 is 0 Å². The van der Waals surface area contributed by atoms with E-state index in [4.69, 9.17) is 4.42 Å². The summed E-state index contributed by atoms with van der Waals surface area (Å²) in [5, 5.41) is 0. The fraction of sp³-hybridized carbons (Fsp3) is 0.200. The van der Waals surface area contributed by atoms with Crippen LogP contribution in [0, 0.1) is 6.92 Å². The van der Waals surface area contributed by atoms with E-state index in [1.54, 1.807) is 0 Å². The summed E-state index contributed by atoms with van der Waals surface area (Å²) in [6.45, 7) is 4.28. The molecule has 3 rings (SSSR count). The van der Waals surface area contributed by atoms with Gasteiger partial charge in [-0.25, -0.2) is 0 Å². The molecule has 3 aromatic rings. The number of hydrogen-bond donors (Lipinski definition) is 0. The Labute approximate surface area is 95.0 Å². The lowest BCUT2D eigenvalue weighted by Crippen LogP contribution is -1.85. The molecule has 0 unspecified atom stereocenters. The topological polar surface area (TPSA) is 13.1 Å². The van der Waals surface area contributed by atoms with Crippen LogP contribution in [0.1, 0.15) is 18.1 Å². The van der Waals surface area contributed by atoms with Crippen LogP contribution in [-0.2, 0) is 6.42 Å². The molecule has 2 heterocycles. The molecule has 1 aromatic carbocycles. The average Bonchev–Trinajstić information content (AvgIpc) is 2.89. The maximum Gasteiger partial charge on any atom is 0.135 e. The lowest BCUT2D eigenvalue weighted by molar-refractivity contribution is 0.673. The molecular formula is C15H14O. The molecule has 0 saturated heterocycles. The Bertz CT molecular complexity index is 601. The van der Waals surface area contributed by atoms with Crippen molar-refractivity contribution in [3.05, 3.63) is 47.5 Å². The van der Waals surface area contributed by atoms with Crippen molar-refractivity contribution in [3.63, 3.8) is 0 Å². The molecule has 16 heavy (non-hydrogen) atoms. The van der Waals surface area contributed by atoms with E-state index in [1.165, 1.54) is 22.3 Å². The third kappa shape index (κ3) is 1.25. The summed E-state index contributed by atoms with van der Waals surface area (Å²) in [5.74, 6) is 0. The van der Waals surface area contributed by atoms with E-state index in [0.717, 1.165) is 17.6 Å². The van der Waals surface area contributed by atoms with Crippen molar-refractivity contribution in [2.75, 3.05) is 0 Å². The predicted octanol–water partition coefficient (Wildman–Crippen LogP) is 4.41. The highest BCUT2D eigenvalue weighted by Crippen LogP contribution is 2.37. The number of fused-ring (bicyclic) bond motifs is 2. The van der Waals surface area contributed by atoms with Crippen molar-refractivity contribution < 1.29 is 4.42 Å². The standard InChI is InChI=1S/C15H14O/c1-3-12-13-8-9-14(16-13)15(12)11-6-4-10(2)5-7-11/h4-9H,3H2,1-2H3. The minimum atomic E-state index is 1.01. The van der Waals surface area contributed by atoms with Crippen LogP contribution in [0.3, 0.4) is 0 Å². The lowest BCUT2D eigenvalue weighted by Gasteiger charge is -2.03. The first-order valence-electron chi connectivity index (χ1n) is 5.70. The van der Waals surface area contributed by atoms with Crippen LogP contribution in [0.2, 0.25) is 0 Å². The summed E-state index contributed by atoms with van der Waals surface area (Å²) in [6, 6.07) is 12.8. The first-order valence-corrected chi connectivity index (χ1v) is 5.70. The van der Waals surface area contributed by atoms with E-state index in [0.29, 0.717) is 0 Å². The molecule has 0 aliphatic rings. The second kappa shape index (κ2) is 3.38. The SMILES string of the molecule is CCc1c(-c2ccc(C)cc2)c2ccc1o2. The van der Waals surface area contributed by atoms with Gasteiger partial charge in [0.2, 0.25) is 0 Å². The van der Waals surface area contributed by atoms with Gasteiger partial charge in [-0.15, -0.1) is 0 Å². The third-order valence-electron chi connectivity index (χ3n) is 3.15. The zero-order valence-electron chi connectivity index (χ0n) is 9.58. The summed E-state index contributed by atoms with van der Waals surface area (Å²) >= 11 is 0. The number of benzene rings is 2. The minimum Gasteiger partial charge on any atom is -0.456 e. The maximum atomic E-state index is 5.72. The molecule has 0 fully saturated rings. The first kappa shape index (κ1) is 9.46. The van der Waals surface area contributed by atoms with Crippen LogP contribution < -0.4 is 0 Å². The highest BCUT2D eigenvalue weighted by Gasteiger charge is 2.16. The van der Waals surface area contributed by atoms with Crippen LogP contribution in [0.25, 0.3) is 22.3 Å². The van der Waals surface area contributed by atoms with Crippen molar-refractivity contribution >= 4 is 11.2 Å². The lowest BCUT2D eigenvalue weighted by atomic mass is 9.97. The van der Waals surface area contributed by atoms with Gasteiger partial charge < -0.3 is 4.42 Å². The monoisotopic (exact) mass is 210 g/mol. The largest absolute Gasteiger partial charge is 0.456 e. The third-order valence-corrected chi connectivity index (χ3v) is 3.15. The molecule has 0 radical (unpaired) electrons. The van der Waals surface area contributed by atoms with E-state index in [2.05, 4.69) is 50.2 Å². The Kier molecular flexibility index (Phi) is 2.00. The zero-order valence-corrected chi connectivity index (χ0v) is 9.58. The van der Waals surface area contributed by atoms with Crippen molar-refractivity contribution in [3.8, 4) is 11.1 Å². The number of rotatable bonds is 2. The van der Waals surface area contributed by atoms with Gasteiger partial charge in [-0.3, -0.25) is 0 Å². The summed E-state index contributed by atoms with van der Waals surface area (Å²) < 4.78 is 5.72. The van der Waals surface area contributed by atoms with Gasteiger partial charge in [-0.05, 0) is 31.0 Å². The molecule has 1 heteroatoms. The molecule has 0 amide bonds. The molecule has 1 nitrogen and oxygen atoms in total. The van der Waals surface area contributed by atoms with Gasteiger partial charge in [0.15, 0.2) is 0 Å². The van der Waals surface area contributed by atoms with E-state index >= 15 is 0 Å². The molecule has 80 valence electrons. The Morgan fingerprint density at radius 1 is 0.938 bits per heavy atom. The molecule has 2 bridgehead atoms. The molecular weight excluding hydrogens is 196 g/mol. The van der Waals surface area contributed by atoms with Gasteiger partial charge in [-0.1, -0.05) is 36.8 Å². The highest BCUT2D eigenvalue weighted by atomic mass is 16.3. The van der Waals surface area contributed by atoms with Crippen LogP contribution in [0.5, 0.6) is 0 Å². The quantitative estimate of drug-likeness (QED) is 0.610. The van der Waals surface area contributed by atoms with E-state index in [9.17, 15) is 0 Å². The second-order valence-electron chi connectivity index (χ2n) is 4.24. The fourth-order valence-electron chi connectivity index (χ4n) is 2.29. The molecule has 0 saturated carbocycles. The van der Waals surface area contributed by atoms with Gasteiger partial charge >= 0.3 is 0 Å². The summed E-state index contributed by atoms with van der Waals surface area (Å²) in [6.07, 6.45) is 1.02. The number of furan rings is 2. The van der Waals surface area contributed by atoms with E-state index in [1.807, 2.05) is 0 Å². The van der Waals surface area contributed by atoms with Gasteiger partial charge in [0.25, 0.3) is 0 Å². The normalized spacial score (nSPS) is 11.4. The van der Waals surface area contributed by atoms with Crippen LogP contribution in [-0.4, -0.2) is 0 Å². The Morgan fingerprint density at radius 3 is 2.31 bits per heavy atom. The summed E-state index contributed by atoms with van der Waals surface area (Å²) in [7, 11) is 0. The zero-order chi connectivity index (χ0) is 11.1. The van der Waals surface area contributed by atoms with Crippen molar-refractivity contribution in [1.82, 2.24) is 0 Å². The molecule has 0 N–H and O–H groups in total. The highest BCUT2D eigenvalue weighted by molar-refractivity contribution is 5.89. The Morgan fingerprint density at radius 2 is 1.62 bits per heavy atom.